The third-order valence-corrected chi connectivity index (χ3v) is 4.16. The van der Waals surface area contributed by atoms with E-state index >= 15 is 0 Å². The van der Waals surface area contributed by atoms with Crippen LogP contribution in [0, 0.1) is 0 Å². The second-order valence-electron chi connectivity index (χ2n) is 4.40. The molecule has 2 aliphatic rings. The van der Waals surface area contributed by atoms with Crippen LogP contribution in [0.15, 0.2) is 10.7 Å². The number of hydrogen-bond acceptors (Lipinski definition) is 2. The molecule has 2 heterocycles. The molecule has 0 bridgehead atoms. The van der Waals surface area contributed by atoms with Gasteiger partial charge >= 0.3 is 0 Å². The van der Waals surface area contributed by atoms with Gasteiger partial charge in [0.1, 0.15) is 5.60 Å². The van der Waals surface area contributed by atoms with Gasteiger partial charge in [0.25, 0.3) is 0 Å². The molecule has 1 saturated heterocycles. The summed E-state index contributed by atoms with van der Waals surface area (Å²) in [7, 11) is 0. The minimum absolute atomic E-state index is 0.00356. The zero-order valence-electron chi connectivity index (χ0n) is 8.87. The van der Waals surface area contributed by atoms with E-state index in [0.717, 1.165) is 17.4 Å². The maximum atomic E-state index is 5.94. The van der Waals surface area contributed by atoms with E-state index in [1.165, 1.54) is 25.0 Å². The van der Waals surface area contributed by atoms with Crippen LogP contribution in [-0.2, 0) is 16.9 Å². The monoisotopic (exact) mass is 270 g/mol. The molecule has 0 unspecified atom stereocenters. The van der Waals surface area contributed by atoms with Crippen molar-refractivity contribution in [2.75, 3.05) is 0 Å². The molecule has 1 aromatic rings. The third kappa shape index (κ3) is 1.31. The molecule has 1 saturated carbocycles. The molecular formula is C11H15BrN2O. The van der Waals surface area contributed by atoms with Crippen LogP contribution >= 0.6 is 15.9 Å². The van der Waals surface area contributed by atoms with E-state index in [0.29, 0.717) is 6.10 Å². The normalized spacial score (nSPS) is 33.9. The Hall–Kier alpha value is -0.350. The lowest BCUT2D eigenvalue weighted by atomic mass is 9.86. The average molecular weight is 271 g/mol. The molecule has 0 spiro atoms. The third-order valence-electron chi connectivity index (χ3n) is 3.58. The number of halogens is 1. The van der Waals surface area contributed by atoms with Crippen LogP contribution in [0.2, 0.25) is 0 Å². The molecule has 3 nitrogen and oxygen atoms in total. The zero-order chi connectivity index (χ0) is 10.5. The molecule has 82 valence electrons. The average Bonchev–Trinajstić information content (AvgIpc) is 2.87. The molecule has 1 aliphatic carbocycles. The van der Waals surface area contributed by atoms with Crippen LogP contribution in [-0.4, -0.2) is 15.9 Å². The van der Waals surface area contributed by atoms with Gasteiger partial charge in [0.15, 0.2) is 0 Å². The maximum absolute atomic E-state index is 5.94. The van der Waals surface area contributed by atoms with Gasteiger partial charge in [-0.1, -0.05) is 6.42 Å². The van der Waals surface area contributed by atoms with Gasteiger partial charge in [-0.05, 0) is 42.1 Å². The second-order valence-corrected chi connectivity index (χ2v) is 5.25. The lowest BCUT2D eigenvalue weighted by Gasteiger charge is -2.18. The first-order valence-electron chi connectivity index (χ1n) is 5.67. The minimum Gasteiger partial charge on any atom is -0.359 e. The SMILES string of the molecule is CCn1ncc(Br)c1[C@@]12CCCC[C@H]1O2. The van der Waals surface area contributed by atoms with Crippen molar-refractivity contribution >= 4 is 15.9 Å². The molecule has 1 aliphatic heterocycles. The molecule has 2 fully saturated rings. The molecule has 4 heteroatoms. The predicted molar refractivity (Wildman–Crippen MR) is 60.6 cm³/mol. The predicted octanol–water partition coefficient (Wildman–Crippen LogP) is 2.83. The first-order chi connectivity index (χ1) is 7.28. The molecule has 3 rings (SSSR count). The minimum atomic E-state index is 0.00356. The van der Waals surface area contributed by atoms with Crippen LogP contribution in [0.1, 0.15) is 38.3 Å². The quantitative estimate of drug-likeness (QED) is 0.774. The highest BCUT2D eigenvalue weighted by molar-refractivity contribution is 9.10. The first kappa shape index (κ1) is 9.85. The molecule has 0 N–H and O–H groups in total. The molecule has 0 amide bonds. The van der Waals surface area contributed by atoms with E-state index in [1.807, 2.05) is 6.20 Å². The Morgan fingerprint density at radius 2 is 2.53 bits per heavy atom. The van der Waals surface area contributed by atoms with Crippen molar-refractivity contribution < 1.29 is 4.74 Å². The van der Waals surface area contributed by atoms with Crippen molar-refractivity contribution in [2.24, 2.45) is 0 Å². The summed E-state index contributed by atoms with van der Waals surface area (Å²) in [6, 6.07) is 0. The Morgan fingerprint density at radius 3 is 3.27 bits per heavy atom. The summed E-state index contributed by atoms with van der Waals surface area (Å²) in [6.07, 6.45) is 7.29. The van der Waals surface area contributed by atoms with Crippen molar-refractivity contribution in [3.63, 3.8) is 0 Å². The lowest BCUT2D eigenvalue weighted by Crippen LogP contribution is -2.22. The highest BCUT2D eigenvalue weighted by atomic mass is 79.9. The Morgan fingerprint density at radius 1 is 1.67 bits per heavy atom. The Labute approximate surface area is 97.9 Å². The first-order valence-corrected chi connectivity index (χ1v) is 6.47. The number of nitrogens with zero attached hydrogens (tertiary/aromatic N) is 2. The number of rotatable bonds is 2. The van der Waals surface area contributed by atoms with E-state index in [2.05, 4.69) is 32.6 Å². The van der Waals surface area contributed by atoms with Crippen molar-refractivity contribution in [3.8, 4) is 0 Å². The van der Waals surface area contributed by atoms with E-state index in [-0.39, 0.29) is 5.60 Å². The molecule has 0 radical (unpaired) electrons. The van der Waals surface area contributed by atoms with Crippen molar-refractivity contribution in [1.82, 2.24) is 9.78 Å². The molecule has 0 aromatic carbocycles. The van der Waals surface area contributed by atoms with Gasteiger partial charge in [-0.3, -0.25) is 4.68 Å². The summed E-state index contributed by atoms with van der Waals surface area (Å²) in [5, 5.41) is 4.37. The van der Waals surface area contributed by atoms with Crippen LogP contribution in [0.3, 0.4) is 0 Å². The highest BCUT2D eigenvalue weighted by Crippen LogP contribution is 2.56. The summed E-state index contributed by atoms with van der Waals surface area (Å²) in [6.45, 7) is 3.04. The molecule has 2 atom stereocenters. The fourth-order valence-corrected chi connectivity index (χ4v) is 3.43. The van der Waals surface area contributed by atoms with Crippen LogP contribution in [0.4, 0.5) is 0 Å². The topological polar surface area (TPSA) is 30.4 Å². The van der Waals surface area contributed by atoms with Crippen LogP contribution < -0.4 is 0 Å². The van der Waals surface area contributed by atoms with Crippen molar-refractivity contribution in [1.29, 1.82) is 0 Å². The van der Waals surface area contributed by atoms with Crippen molar-refractivity contribution in [2.45, 2.75) is 50.9 Å². The van der Waals surface area contributed by atoms with E-state index in [4.69, 9.17) is 4.74 Å². The van der Waals surface area contributed by atoms with E-state index < -0.39 is 0 Å². The standard InChI is InChI=1S/C11H15BrN2O/c1-2-14-10(8(12)7-13-14)11-6-4-3-5-9(11)15-11/h7,9H,2-6H2,1H3/t9-,11-/m1/s1. The van der Waals surface area contributed by atoms with Crippen molar-refractivity contribution in [3.05, 3.63) is 16.4 Å². The number of fused-ring (bicyclic) bond motifs is 1. The van der Waals surface area contributed by atoms with Gasteiger partial charge in [-0.15, -0.1) is 0 Å². The summed E-state index contributed by atoms with van der Waals surface area (Å²) in [5.74, 6) is 0. The largest absolute Gasteiger partial charge is 0.359 e. The number of ether oxygens (including phenoxy) is 1. The number of epoxide rings is 1. The molecular weight excluding hydrogens is 256 g/mol. The Balaban J connectivity index is 2.01. The maximum Gasteiger partial charge on any atom is 0.137 e. The van der Waals surface area contributed by atoms with Gasteiger partial charge in [-0.2, -0.15) is 5.10 Å². The lowest BCUT2D eigenvalue weighted by molar-refractivity contribution is 0.274. The van der Waals surface area contributed by atoms with Gasteiger partial charge < -0.3 is 4.74 Å². The second kappa shape index (κ2) is 3.32. The summed E-state index contributed by atoms with van der Waals surface area (Å²) in [5.41, 5.74) is 1.26. The van der Waals surface area contributed by atoms with Gasteiger partial charge in [-0.25, -0.2) is 0 Å². The fourth-order valence-electron chi connectivity index (χ4n) is 2.80. The molecule has 1 aromatic heterocycles. The number of aryl methyl sites for hydroxylation is 1. The van der Waals surface area contributed by atoms with E-state index in [9.17, 15) is 0 Å². The molecule has 15 heavy (non-hydrogen) atoms. The Bertz CT molecular complexity index is 390. The Kier molecular flexibility index (Phi) is 2.18. The smallest absolute Gasteiger partial charge is 0.137 e. The van der Waals surface area contributed by atoms with Crippen LogP contribution in [0.5, 0.6) is 0 Å². The van der Waals surface area contributed by atoms with Crippen LogP contribution in [0.25, 0.3) is 0 Å². The number of hydrogen-bond donors (Lipinski definition) is 0. The van der Waals surface area contributed by atoms with E-state index in [1.54, 1.807) is 0 Å². The van der Waals surface area contributed by atoms with Gasteiger partial charge in [0.05, 0.1) is 22.5 Å². The summed E-state index contributed by atoms with van der Waals surface area (Å²) in [4.78, 5) is 0. The summed E-state index contributed by atoms with van der Waals surface area (Å²) < 4.78 is 9.11. The fraction of sp³-hybridized carbons (Fsp3) is 0.727. The summed E-state index contributed by atoms with van der Waals surface area (Å²) >= 11 is 3.59. The zero-order valence-corrected chi connectivity index (χ0v) is 10.5. The van der Waals surface area contributed by atoms with Gasteiger partial charge in [0.2, 0.25) is 0 Å². The highest BCUT2D eigenvalue weighted by Gasteiger charge is 2.60. The number of aromatic nitrogens is 2. The van der Waals surface area contributed by atoms with Gasteiger partial charge in [0, 0.05) is 6.54 Å².